The number of hydrogen-bond donors (Lipinski definition) is 0. The van der Waals surface area contributed by atoms with Crippen LogP contribution in [0, 0.1) is 5.82 Å². The average Bonchev–Trinajstić information content (AvgIpc) is 3.35. The molecule has 0 aliphatic heterocycles. The van der Waals surface area contributed by atoms with Crippen molar-refractivity contribution in [2.24, 2.45) is 10.1 Å². The van der Waals surface area contributed by atoms with E-state index in [4.69, 9.17) is 5.10 Å². The Kier molecular flexibility index (Phi) is 5.04. The number of halogens is 1. The fraction of sp³-hybridized carbons (Fsp3) is 0.0500. The summed E-state index contributed by atoms with van der Waals surface area (Å²) in [7, 11) is 0. The van der Waals surface area contributed by atoms with E-state index in [1.54, 1.807) is 46.6 Å². The number of hydrogen-bond acceptors (Lipinski definition) is 5. The lowest BCUT2D eigenvalue weighted by Crippen LogP contribution is -2.13. The average molecular weight is 395 g/mol. The zero-order valence-electron chi connectivity index (χ0n) is 14.4. The third kappa shape index (κ3) is 3.79. The number of pyridine rings is 1. The summed E-state index contributed by atoms with van der Waals surface area (Å²) in [6.07, 6.45) is 3.47. The summed E-state index contributed by atoms with van der Waals surface area (Å²) in [6.45, 7) is 1.94. The Morgan fingerprint density at radius 2 is 1.85 bits per heavy atom. The molecule has 27 heavy (non-hydrogen) atoms. The predicted molar refractivity (Wildman–Crippen MR) is 109 cm³/mol. The van der Waals surface area contributed by atoms with Gasteiger partial charge in [-0.15, -0.1) is 22.7 Å². The molecule has 0 atom stereocenters. The van der Waals surface area contributed by atoms with Crippen molar-refractivity contribution in [1.29, 1.82) is 0 Å². The van der Waals surface area contributed by atoms with Crippen LogP contribution in [0.15, 0.2) is 81.8 Å². The second-order valence-electron chi connectivity index (χ2n) is 5.68. The van der Waals surface area contributed by atoms with Crippen molar-refractivity contribution in [3.63, 3.8) is 0 Å². The summed E-state index contributed by atoms with van der Waals surface area (Å²) in [6, 6.07) is 14.3. The van der Waals surface area contributed by atoms with Crippen LogP contribution in [0.2, 0.25) is 0 Å². The molecule has 134 valence electrons. The zero-order valence-corrected chi connectivity index (χ0v) is 16.0. The van der Waals surface area contributed by atoms with Crippen LogP contribution in [-0.2, 0) is 0 Å². The van der Waals surface area contributed by atoms with Crippen LogP contribution in [0.3, 0.4) is 0 Å². The molecule has 3 aromatic heterocycles. The highest BCUT2D eigenvalue weighted by molar-refractivity contribution is 7.14. The summed E-state index contributed by atoms with van der Waals surface area (Å²) >= 11 is 3.06. The van der Waals surface area contributed by atoms with Crippen molar-refractivity contribution < 1.29 is 4.39 Å². The topological polar surface area (TPSA) is 42.5 Å². The summed E-state index contributed by atoms with van der Waals surface area (Å²) in [5.41, 5.74) is 3.02. The van der Waals surface area contributed by atoms with Crippen LogP contribution in [-0.4, -0.2) is 15.4 Å². The molecule has 0 amide bonds. The van der Waals surface area contributed by atoms with Gasteiger partial charge in [-0.25, -0.2) is 14.1 Å². The van der Waals surface area contributed by atoms with Gasteiger partial charge in [0.15, 0.2) is 0 Å². The Bertz CT molecular complexity index is 1140. The van der Waals surface area contributed by atoms with Crippen molar-refractivity contribution in [2.75, 3.05) is 0 Å². The Labute approximate surface area is 163 Å². The van der Waals surface area contributed by atoms with Gasteiger partial charge in [-0.1, -0.05) is 18.2 Å². The van der Waals surface area contributed by atoms with Crippen molar-refractivity contribution >= 4 is 34.1 Å². The maximum Gasteiger partial charge on any atom is 0.211 e. The van der Waals surface area contributed by atoms with E-state index in [1.807, 2.05) is 41.9 Å². The highest BCUT2D eigenvalue weighted by Crippen LogP contribution is 2.26. The number of benzene rings is 1. The fourth-order valence-electron chi connectivity index (χ4n) is 2.51. The standard InChI is InChI=1S/C20H15FN4S2/c1-14(15-8-10-22-11-9-15)24-25-18(19-7-4-12-26-19)13-27-20(25)23-17-6-3-2-5-16(17)21/h2-13H,1H3. The number of thiazole rings is 1. The molecule has 0 aliphatic carbocycles. The number of rotatable bonds is 4. The Morgan fingerprint density at radius 1 is 1.04 bits per heavy atom. The largest absolute Gasteiger partial charge is 0.265 e. The van der Waals surface area contributed by atoms with E-state index in [0.29, 0.717) is 10.5 Å². The summed E-state index contributed by atoms with van der Waals surface area (Å²) < 4.78 is 15.9. The first kappa shape index (κ1) is 17.5. The van der Waals surface area contributed by atoms with E-state index in [-0.39, 0.29) is 5.82 Å². The Morgan fingerprint density at radius 3 is 2.59 bits per heavy atom. The van der Waals surface area contributed by atoms with Gasteiger partial charge >= 0.3 is 0 Å². The van der Waals surface area contributed by atoms with Gasteiger partial charge in [-0.2, -0.15) is 5.10 Å². The molecular weight excluding hydrogens is 379 g/mol. The maximum absolute atomic E-state index is 14.1. The first-order valence-electron chi connectivity index (χ1n) is 8.22. The quantitative estimate of drug-likeness (QED) is 0.432. The molecule has 0 radical (unpaired) electrons. The molecule has 0 bridgehead atoms. The fourth-order valence-corrected chi connectivity index (χ4v) is 4.15. The van der Waals surface area contributed by atoms with E-state index < -0.39 is 0 Å². The van der Waals surface area contributed by atoms with Gasteiger partial charge in [0, 0.05) is 23.3 Å². The molecule has 0 fully saturated rings. The van der Waals surface area contributed by atoms with Crippen molar-refractivity contribution in [2.45, 2.75) is 6.92 Å². The molecule has 0 spiro atoms. The lowest BCUT2D eigenvalue weighted by molar-refractivity contribution is 0.628. The number of aromatic nitrogens is 2. The predicted octanol–water partition coefficient (Wildman–Crippen LogP) is 5.32. The maximum atomic E-state index is 14.1. The zero-order chi connectivity index (χ0) is 18.6. The Hall–Kier alpha value is -2.90. The molecule has 7 heteroatoms. The van der Waals surface area contributed by atoms with Crippen LogP contribution in [0.4, 0.5) is 10.1 Å². The van der Waals surface area contributed by atoms with E-state index in [0.717, 1.165) is 21.8 Å². The van der Waals surface area contributed by atoms with Gasteiger partial charge < -0.3 is 0 Å². The normalized spacial score (nSPS) is 12.5. The second kappa shape index (κ2) is 7.77. The SMILES string of the molecule is CC(=Nn1c(-c2cccs2)csc1=Nc1ccccc1F)c1ccncc1. The van der Waals surface area contributed by atoms with E-state index >= 15 is 0 Å². The molecule has 4 rings (SSSR count). The van der Waals surface area contributed by atoms with Gasteiger partial charge in [-0.05, 0) is 42.6 Å². The van der Waals surface area contributed by atoms with Crippen LogP contribution in [0.5, 0.6) is 0 Å². The molecule has 0 saturated heterocycles. The van der Waals surface area contributed by atoms with Gasteiger partial charge in [0.1, 0.15) is 11.5 Å². The minimum Gasteiger partial charge on any atom is -0.265 e. The number of thiophene rings is 1. The second-order valence-corrected chi connectivity index (χ2v) is 7.46. The summed E-state index contributed by atoms with van der Waals surface area (Å²) in [5.74, 6) is -0.357. The molecule has 0 saturated carbocycles. The minimum atomic E-state index is -0.357. The molecule has 4 aromatic rings. The van der Waals surface area contributed by atoms with E-state index in [9.17, 15) is 4.39 Å². The smallest absolute Gasteiger partial charge is 0.211 e. The minimum absolute atomic E-state index is 0.294. The molecule has 0 aliphatic rings. The lowest BCUT2D eigenvalue weighted by Gasteiger charge is -2.05. The third-order valence-electron chi connectivity index (χ3n) is 3.88. The van der Waals surface area contributed by atoms with Crippen molar-refractivity contribution in [1.82, 2.24) is 9.66 Å². The molecule has 3 heterocycles. The Balaban J connectivity index is 1.90. The van der Waals surface area contributed by atoms with Crippen LogP contribution in [0.25, 0.3) is 10.6 Å². The van der Waals surface area contributed by atoms with Crippen LogP contribution < -0.4 is 4.80 Å². The molecule has 0 N–H and O–H groups in total. The number of para-hydroxylation sites is 1. The van der Waals surface area contributed by atoms with Crippen LogP contribution >= 0.6 is 22.7 Å². The van der Waals surface area contributed by atoms with Gasteiger partial charge in [0.25, 0.3) is 0 Å². The monoisotopic (exact) mass is 394 g/mol. The van der Waals surface area contributed by atoms with Gasteiger partial charge in [-0.3, -0.25) is 4.98 Å². The lowest BCUT2D eigenvalue weighted by atomic mass is 10.2. The third-order valence-corrected chi connectivity index (χ3v) is 5.58. The van der Waals surface area contributed by atoms with Gasteiger partial charge in [0.2, 0.25) is 4.80 Å². The number of nitrogens with zero attached hydrogens (tertiary/aromatic N) is 4. The molecule has 4 nitrogen and oxygen atoms in total. The summed E-state index contributed by atoms with van der Waals surface area (Å²) in [4.78, 5) is 10.2. The van der Waals surface area contributed by atoms with Crippen molar-refractivity contribution in [3.05, 3.63) is 87.9 Å². The van der Waals surface area contributed by atoms with Crippen molar-refractivity contribution in [3.8, 4) is 10.6 Å². The summed E-state index contributed by atoms with van der Waals surface area (Å²) in [5, 5.41) is 8.79. The van der Waals surface area contributed by atoms with E-state index in [2.05, 4.69) is 9.98 Å². The highest BCUT2D eigenvalue weighted by atomic mass is 32.1. The van der Waals surface area contributed by atoms with E-state index in [1.165, 1.54) is 17.4 Å². The first-order chi connectivity index (χ1) is 13.2. The molecule has 0 unspecified atom stereocenters. The first-order valence-corrected chi connectivity index (χ1v) is 9.98. The molecule has 1 aromatic carbocycles. The van der Waals surface area contributed by atoms with Gasteiger partial charge in [0.05, 0.1) is 16.3 Å². The van der Waals surface area contributed by atoms with Crippen LogP contribution in [0.1, 0.15) is 12.5 Å². The molecular formula is C20H15FN4S2. The highest BCUT2D eigenvalue weighted by Gasteiger charge is 2.10.